The average Bonchev–Trinajstić information content (AvgIpc) is 1.99. The second kappa shape index (κ2) is 5.23. The maximum absolute atomic E-state index is 11.3. The van der Waals surface area contributed by atoms with Crippen LogP contribution in [-0.4, -0.2) is 55.1 Å². The Morgan fingerprint density at radius 1 is 1.33 bits per heavy atom. The van der Waals surface area contributed by atoms with E-state index in [0.717, 1.165) is 0 Å². The number of carboxylic acids is 1. The molecule has 0 bridgehead atoms. The van der Waals surface area contributed by atoms with Crippen molar-refractivity contribution in [3.8, 4) is 0 Å². The van der Waals surface area contributed by atoms with Gasteiger partial charge in [-0.25, -0.2) is 0 Å². The fraction of sp³-hybridized carbons (Fsp3) is 0.800. The van der Waals surface area contributed by atoms with Gasteiger partial charge in [-0.1, -0.05) is 6.92 Å². The fourth-order valence-electron chi connectivity index (χ4n) is 1.39. The number of likely N-dealkylation sites (N-methyl/N-ethyl adjacent to an activating group) is 1. The van der Waals surface area contributed by atoms with Crippen molar-refractivity contribution in [1.29, 1.82) is 0 Å². The number of hydrogen-bond acceptors (Lipinski definition) is 4. The van der Waals surface area contributed by atoms with Gasteiger partial charge in [0, 0.05) is 6.42 Å². The maximum Gasteiger partial charge on any atom is 0.144 e. The lowest BCUT2D eigenvalue weighted by Crippen LogP contribution is -2.51. The minimum Gasteiger partial charge on any atom is -0.549 e. The van der Waals surface area contributed by atoms with Crippen LogP contribution >= 0.6 is 0 Å². The molecule has 2 unspecified atom stereocenters. The van der Waals surface area contributed by atoms with Gasteiger partial charge < -0.3 is 19.5 Å². The summed E-state index contributed by atoms with van der Waals surface area (Å²) < 4.78 is 0.391. The third kappa shape index (κ3) is 4.90. The molecule has 0 heterocycles. The number of carboxylic acid groups (broad SMARTS) is 1. The topological polar surface area (TPSA) is 77.4 Å². The molecule has 88 valence electrons. The Morgan fingerprint density at radius 2 is 1.80 bits per heavy atom. The van der Waals surface area contributed by atoms with Gasteiger partial charge in [0.05, 0.1) is 33.0 Å². The highest BCUT2D eigenvalue weighted by Gasteiger charge is 2.30. The van der Waals surface area contributed by atoms with Crippen LogP contribution in [0.15, 0.2) is 0 Å². The summed E-state index contributed by atoms with van der Waals surface area (Å²) in [5, 5.41) is 20.4. The number of carbonyl (C=O) groups is 2. The Kier molecular flexibility index (Phi) is 4.90. The van der Waals surface area contributed by atoms with Gasteiger partial charge in [-0.2, -0.15) is 0 Å². The molecule has 5 nitrogen and oxygen atoms in total. The van der Waals surface area contributed by atoms with Gasteiger partial charge in [0.15, 0.2) is 0 Å². The van der Waals surface area contributed by atoms with Gasteiger partial charge in [0.2, 0.25) is 0 Å². The summed E-state index contributed by atoms with van der Waals surface area (Å²) in [7, 11) is 5.43. The lowest BCUT2D eigenvalue weighted by atomic mass is 9.95. The summed E-state index contributed by atoms with van der Waals surface area (Å²) in [5.41, 5.74) is 0. The number of ketones is 1. The van der Waals surface area contributed by atoms with Crippen LogP contribution in [0.5, 0.6) is 0 Å². The number of rotatable bonds is 6. The van der Waals surface area contributed by atoms with Gasteiger partial charge in [-0.15, -0.1) is 0 Å². The number of quaternary nitrogens is 1. The zero-order valence-electron chi connectivity index (χ0n) is 9.69. The van der Waals surface area contributed by atoms with Crippen LogP contribution in [0.2, 0.25) is 0 Å². The quantitative estimate of drug-likeness (QED) is 0.429. The van der Waals surface area contributed by atoms with E-state index in [-0.39, 0.29) is 13.0 Å². The first-order chi connectivity index (χ1) is 6.69. The molecule has 0 saturated heterocycles. The molecular formula is C10H19NO4. The van der Waals surface area contributed by atoms with Crippen molar-refractivity contribution in [1.82, 2.24) is 0 Å². The molecule has 0 amide bonds. The summed E-state index contributed by atoms with van der Waals surface area (Å²) in [6.07, 6.45) is -1.10. The number of Topliss-reactive ketones (excluding diaryl/α,β-unsaturated/α-hetero) is 1. The zero-order valence-corrected chi connectivity index (χ0v) is 9.69. The monoisotopic (exact) mass is 217 g/mol. The van der Waals surface area contributed by atoms with E-state index in [2.05, 4.69) is 0 Å². The van der Waals surface area contributed by atoms with Crippen molar-refractivity contribution in [3.63, 3.8) is 0 Å². The molecule has 2 atom stereocenters. The molecule has 15 heavy (non-hydrogen) atoms. The molecule has 0 aliphatic carbocycles. The third-order valence-electron chi connectivity index (χ3n) is 2.07. The van der Waals surface area contributed by atoms with Crippen molar-refractivity contribution in [3.05, 3.63) is 0 Å². The summed E-state index contributed by atoms with van der Waals surface area (Å²) >= 11 is 0. The Hall–Kier alpha value is -0.940. The zero-order chi connectivity index (χ0) is 12.2. The average molecular weight is 217 g/mol. The van der Waals surface area contributed by atoms with E-state index in [4.69, 9.17) is 0 Å². The molecule has 0 aliphatic heterocycles. The molecule has 0 aromatic carbocycles. The molecule has 0 aromatic rings. The van der Waals surface area contributed by atoms with E-state index in [0.29, 0.717) is 4.48 Å². The molecule has 0 aliphatic rings. The van der Waals surface area contributed by atoms with E-state index in [1.54, 1.807) is 6.92 Å². The number of aliphatic hydroxyl groups is 1. The molecule has 0 fully saturated rings. The van der Waals surface area contributed by atoms with E-state index in [1.165, 1.54) is 0 Å². The predicted molar refractivity (Wildman–Crippen MR) is 52.7 cm³/mol. The third-order valence-corrected chi connectivity index (χ3v) is 2.07. The molecule has 0 radical (unpaired) electrons. The van der Waals surface area contributed by atoms with Gasteiger partial charge >= 0.3 is 0 Å². The van der Waals surface area contributed by atoms with Crippen LogP contribution in [0.1, 0.15) is 13.3 Å². The van der Waals surface area contributed by atoms with Gasteiger partial charge in [-0.05, 0) is 0 Å². The number of nitrogens with zero attached hydrogens (tertiary/aromatic N) is 1. The van der Waals surface area contributed by atoms with E-state index in [1.807, 2.05) is 21.1 Å². The lowest BCUT2D eigenvalue weighted by Gasteiger charge is -2.30. The van der Waals surface area contributed by atoms with Crippen LogP contribution in [0.3, 0.4) is 0 Å². The van der Waals surface area contributed by atoms with Crippen molar-refractivity contribution in [2.24, 2.45) is 5.92 Å². The highest BCUT2D eigenvalue weighted by atomic mass is 16.4. The van der Waals surface area contributed by atoms with Crippen LogP contribution in [-0.2, 0) is 9.59 Å². The van der Waals surface area contributed by atoms with Crippen LogP contribution < -0.4 is 5.11 Å². The van der Waals surface area contributed by atoms with E-state index < -0.39 is 23.8 Å². The smallest absolute Gasteiger partial charge is 0.144 e. The first kappa shape index (κ1) is 14.1. The highest BCUT2D eigenvalue weighted by Crippen LogP contribution is 2.10. The van der Waals surface area contributed by atoms with Crippen LogP contribution in [0.25, 0.3) is 0 Å². The number of hydrogen-bond donors (Lipinski definition) is 1. The van der Waals surface area contributed by atoms with Crippen molar-refractivity contribution in [2.75, 3.05) is 27.7 Å². The van der Waals surface area contributed by atoms with Gasteiger partial charge in [0.1, 0.15) is 18.4 Å². The second-order valence-corrected chi connectivity index (χ2v) is 4.66. The SMILES string of the molecule is CCC(=O)C(C(=O)[O-])C(O)C[N+](C)(C)C. The lowest BCUT2D eigenvalue weighted by molar-refractivity contribution is -0.873. The first-order valence-electron chi connectivity index (χ1n) is 4.91. The summed E-state index contributed by atoms with van der Waals surface area (Å²) in [6.45, 7) is 1.77. The van der Waals surface area contributed by atoms with Crippen molar-refractivity contribution < 1.29 is 24.3 Å². The normalized spacial score (nSPS) is 15.8. The fourth-order valence-corrected chi connectivity index (χ4v) is 1.39. The highest BCUT2D eigenvalue weighted by molar-refractivity contribution is 5.97. The molecule has 5 heteroatoms. The Balaban J connectivity index is 4.64. The maximum atomic E-state index is 11.3. The van der Waals surface area contributed by atoms with Crippen LogP contribution in [0.4, 0.5) is 0 Å². The predicted octanol–water partition coefficient (Wildman–Crippen LogP) is -1.60. The van der Waals surface area contributed by atoms with Crippen molar-refractivity contribution >= 4 is 11.8 Å². The number of carbonyl (C=O) groups excluding carboxylic acids is 2. The summed E-state index contributed by atoms with van der Waals surface area (Å²) in [6, 6.07) is 0. The summed E-state index contributed by atoms with van der Waals surface area (Å²) in [5.74, 6) is -3.40. The minimum atomic E-state index is -1.50. The standard InChI is InChI=1S/C10H19NO4/c1-5-7(12)9(10(14)15)8(13)6-11(2,3)4/h8-9,13H,5-6H2,1-4H3. The molecular weight excluding hydrogens is 198 g/mol. The second-order valence-electron chi connectivity index (χ2n) is 4.66. The van der Waals surface area contributed by atoms with Gasteiger partial charge in [0.25, 0.3) is 0 Å². The van der Waals surface area contributed by atoms with Crippen molar-refractivity contribution in [2.45, 2.75) is 19.4 Å². The van der Waals surface area contributed by atoms with E-state index in [9.17, 15) is 19.8 Å². The number of aliphatic hydroxyl groups excluding tert-OH is 1. The molecule has 0 spiro atoms. The Morgan fingerprint density at radius 3 is 2.07 bits per heavy atom. The molecule has 0 saturated carbocycles. The van der Waals surface area contributed by atoms with Gasteiger partial charge in [-0.3, -0.25) is 4.79 Å². The Bertz CT molecular complexity index is 244. The molecule has 1 N–H and O–H groups in total. The summed E-state index contributed by atoms with van der Waals surface area (Å²) in [4.78, 5) is 22.0. The largest absolute Gasteiger partial charge is 0.549 e. The molecule has 0 rings (SSSR count). The molecule has 0 aromatic heterocycles. The minimum absolute atomic E-state index is 0.0901. The first-order valence-corrected chi connectivity index (χ1v) is 4.91. The van der Waals surface area contributed by atoms with E-state index >= 15 is 0 Å². The van der Waals surface area contributed by atoms with Crippen LogP contribution in [0, 0.1) is 5.92 Å². The number of aliphatic carboxylic acids is 1. The Labute approximate surface area is 89.9 Å².